The standard InChI is InChI=1S/C25H17F3N4O/c1-15-10-17(12-18(11-15)25(26,27)28)13-22-21-7-5-16(2)20(24(21)33-31-22)8-6-19-14-29-23-4-3-9-30-32(19)23/h3-5,7,9-12,14H,13H2,1-2H3. The molecular formula is C25H17F3N4O. The van der Waals surface area contributed by atoms with Gasteiger partial charge in [0, 0.05) is 18.0 Å². The van der Waals surface area contributed by atoms with Crippen molar-refractivity contribution in [1.82, 2.24) is 19.8 Å². The summed E-state index contributed by atoms with van der Waals surface area (Å²) in [6, 6.07) is 11.4. The Hall–Kier alpha value is -4.12. The summed E-state index contributed by atoms with van der Waals surface area (Å²) in [7, 11) is 0. The first kappa shape index (κ1) is 20.8. The monoisotopic (exact) mass is 446 g/mol. The lowest BCUT2D eigenvalue weighted by Gasteiger charge is -2.10. The molecule has 0 unspecified atom stereocenters. The highest BCUT2D eigenvalue weighted by molar-refractivity contribution is 5.86. The number of imidazole rings is 1. The molecule has 0 saturated carbocycles. The van der Waals surface area contributed by atoms with E-state index in [0.29, 0.717) is 39.3 Å². The van der Waals surface area contributed by atoms with Gasteiger partial charge in [-0.3, -0.25) is 0 Å². The van der Waals surface area contributed by atoms with Crippen LogP contribution >= 0.6 is 0 Å². The summed E-state index contributed by atoms with van der Waals surface area (Å²) in [5.41, 5.74) is 4.32. The second-order valence-corrected chi connectivity index (χ2v) is 7.83. The van der Waals surface area contributed by atoms with Gasteiger partial charge in [-0.05, 0) is 61.2 Å². The van der Waals surface area contributed by atoms with Crippen LogP contribution in [0, 0.1) is 25.7 Å². The van der Waals surface area contributed by atoms with Crippen LogP contribution in [0.5, 0.6) is 0 Å². The molecule has 0 amide bonds. The zero-order chi connectivity index (χ0) is 23.2. The highest BCUT2D eigenvalue weighted by Crippen LogP contribution is 2.32. The maximum absolute atomic E-state index is 13.2. The van der Waals surface area contributed by atoms with Crippen molar-refractivity contribution < 1.29 is 17.7 Å². The summed E-state index contributed by atoms with van der Waals surface area (Å²) in [6.45, 7) is 3.56. The normalized spacial score (nSPS) is 11.7. The number of rotatable bonds is 2. The molecule has 0 N–H and O–H groups in total. The van der Waals surface area contributed by atoms with E-state index in [1.165, 1.54) is 0 Å². The summed E-state index contributed by atoms with van der Waals surface area (Å²) in [4.78, 5) is 4.28. The molecular weight excluding hydrogens is 429 g/mol. The van der Waals surface area contributed by atoms with Gasteiger partial charge in [-0.2, -0.15) is 18.3 Å². The third kappa shape index (κ3) is 3.94. The number of aryl methyl sites for hydroxylation is 2. The molecule has 8 heteroatoms. The fraction of sp³-hybridized carbons (Fsp3) is 0.160. The van der Waals surface area contributed by atoms with Gasteiger partial charge < -0.3 is 4.52 Å². The third-order valence-corrected chi connectivity index (χ3v) is 5.35. The molecule has 0 bridgehead atoms. The molecule has 0 atom stereocenters. The molecule has 0 radical (unpaired) electrons. The minimum absolute atomic E-state index is 0.213. The molecule has 0 spiro atoms. The average Bonchev–Trinajstić information content (AvgIpc) is 3.36. The zero-order valence-electron chi connectivity index (χ0n) is 17.7. The Labute approximate surface area is 186 Å². The van der Waals surface area contributed by atoms with Crippen molar-refractivity contribution in [3.05, 3.63) is 94.1 Å². The van der Waals surface area contributed by atoms with Gasteiger partial charge >= 0.3 is 6.18 Å². The number of hydrogen-bond acceptors (Lipinski definition) is 4. The van der Waals surface area contributed by atoms with Crippen LogP contribution in [-0.4, -0.2) is 19.8 Å². The SMILES string of the molecule is Cc1cc(Cc2noc3c(C#Cc4cnc5cccnn45)c(C)ccc23)cc(C(F)(F)F)c1. The lowest BCUT2D eigenvalue weighted by atomic mass is 9.99. The maximum atomic E-state index is 13.2. The van der Waals surface area contributed by atoms with Gasteiger partial charge in [-0.25, -0.2) is 9.50 Å². The van der Waals surface area contributed by atoms with E-state index in [-0.39, 0.29) is 6.42 Å². The molecule has 3 aromatic heterocycles. The molecule has 164 valence electrons. The van der Waals surface area contributed by atoms with Gasteiger partial charge in [0.2, 0.25) is 0 Å². The number of fused-ring (bicyclic) bond motifs is 2. The number of alkyl halides is 3. The summed E-state index contributed by atoms with van der Waals surface area (Å²) in [6.07, 6.45) is -0.888. The summed E-state index contributed by atoms with van der Waals surface area (Å²) in [5.74, 6) is 6.22. The van der Waals surface area contributed by atoms with E-state index in [0.717, 1.165) is 23.1 Å². The highest BCUT2D eigenvalue weighted by atomic mass is 19.4. The molecule has 0 saturated heterocycles. The van der Waals surface area contributed by atoms with Gasteiger partial charge in [0.05, 0.1) is 23.0 Å². The van der Waals surface area contributed by atoms with Gasteiger partial charge in [-0.15, -0.1) is 0 Å². The van der Waals surface area contributed by atoms with Crippen molar-refractivity contribution in [2.45, 2.75) is 26.4 Å². The van der Waals surface area contributed by atoms with E-state index in [1.807, 2.05) is 25.1 Å². The average molecular weight is 446 g/mol. The minimum Gasteiger partial charge on any atom is -0.355 e. The van der Waals surface area contributed by atoms with Crippen LogP contribution in [0.15, 0.2) is 59.4 Å². The van der Waals surface area contributed by atoms with Gasteiger partial charge in [-0.1, -0.05) is 28.8 Å². The fourth-order valence-corrected chi connectivity index (χ4v) is 3.80. The number of nitrogens with zero attached hydrogens (tertiary/aromatic N) is 4. The quantitative estimate of drug-likeness (QED) is 0.336. The summed E-state index contributed by atoms with van der Waals surface area (Å²) in [5, 5.41) is 9.13. The largest absolute Gasteiger partial charge is 0.416 e. The highest BCUT2D eigenvalue weighted by Gasteiger charge is 2.31. The van der Waals surface area contributed by atoms with E-state index in [2.05, 4.69) is 27.1 Å². The van der Waals surface area contributed by atoms with Crippen LogP contribution < -0.4 is 0 Å². The maximum Gasteiger partial charge on any atom is 0.416 e. The Kier molecular flexibility index (Phi) is 4.90. The Bertz CT molecular complexity index is 1570. The molecule has 33 heavy (non-hydrogen) atoms. The van der Waals surface area contributed by atoms with Crippen molar-refractivity contribution in [2.75, 3.05) is 0 Å². The number of benzene rings is 2. The zero-order valence-corrected chi connectivity index (χ0v) is 17.7. The van der Waals surface area contributed by atoms with Crippen LogP contribution in [0.1, 0.15) is 39.2 Å². The fourth-order valence-electron chi connectivity index (χ4n) is 3.80. The molecule has 5 nitrogen and oxygen atoms in total. The Morgan fingerprint density at radius 2 is 1.91 bits per heavy atom. The predicted molar refractivity (Wildman–Crippen MR) is 117 cm³/mol. The smallest absolute Gasteiger partial charge is 0.355 e. The number of halogens is 3. The van der Waals surface area contributed by atoms with Crippen LogP contribution in [0.3, 0.4) is 0 Å². The molecule has 2 aromatic carbocycles. The second-order valence-electron chi connectivity index (χ2n) is 7.83. The summed E-state index contributed by atoms with van der Waals surface area (Å²) >= 11 is 0. The molecule has 0 fully saturated rings. The van der Waals surface area contributed by atoms with Crippen molar-refractivity contribution in [3.63, 3.8) is 0 Å². The van der Waals surface area contributed by atoms with Crippen molar-refractivity contribution in [3.8, 4) is 11.8 Å². The minimum atomic E-state index is -4.40. The Balaban J connectivity index is 1.54. The lowest BCUT2D eigenvalue weighted by molar-refractivity contribution is -0.137. The first-order chi connectivity index (χ1) is 15.8. The van der Waals surface area contributed by atoms with Gasteiger partial charge in [0.25, 0.3) is 0 Å². The van der Waals surface area contributed by atoms with Crippen LogP contribution in [-0.2, 0) is 12.6 Å². The lowest BCUT2D eigenvalue weighted by Crippen LogP contribution is -2.06. The second kappa shape index (κ2) is 7.78. The third-order valence-electron chi connectivity index (χ3n) is 5.35. The predicted octanol–water partition coefficient (Wildman–Crippen LogP) is 5.50. The van der Waals surface area contributed by atoms with Gasteiger partial charge in [0.15, 0.2) is 11.2 Å². The Morgan fingerprint density at radius 3 is 2.73 bits per heavy atom. The molecule has 0 aliphatic heterocycles. The molecule has 3 heterocycles. The van der Waals surface area contributed by atoms with E-state index in [9.17, 15) is 13.2 Å². The molecule has 5 aromatic rings. The number of aromatic nitrogens is 4. The van der Waals surface area contributed by atoms with E-state index >= 15 is 0 Å². The van der Waals surface area contributed by atoms with Crippen molar-refractivity contribution >= 4 is 16.6 Å². The van der Waals surface area contributed by atoms with E-state index in [1.54, 1.807) is 36.0 Å². The van der Waals surface area contributed by atoms with Gasteiger partial charge in [0.1, 0.15) is 5.69 Å². The van der Waals surface area contributed by atoms with Crippen LogP contribution in [0.25, 0.3) is 16.6 Å². The first-order valence-electron chi connectivity index (χ1n) is 10.2. The molecule has 0 aliphatic carbocycles. The van der Waals surface area contributed by atoms with Crippen molar-refractivity contribution in [2.24, 2.45) is 0 Å². The van der Waals surface area contributed by atoms with Crippen LogP contribution in [0.2, 0.25) is 0 Å². The van der Waals surface area contributed by atoms with Crippen LogP contribution in [0.4, 0.5) is 13.2 Å². The number of hydrogen-bond donors (Lipinski definition) is 0. The molecule has 0 aliphatic rings. The van der Waals surface area contributed by atoms with E-state index < -0.39 is 11.7 Å². The molecule has 5 rings (SSSR count). The summed E-state index contributed by atoms with van der Waals surface area (Å²) < 4.78 is 46.9. The topological polar surface area (TPSA) is 56.2 Å². The van der Waals surface area contributed by atoms with E-state index in [4.69, 9.17) is 4.52 Å². The Morgan fingerprint density at radius 1 is 1.06 bits per heavy atom. The first-order valence-corrected chi connectivity index (χ1v) is 10.2. The van der Waals surface area contributed by atoms with Crippen molar-refractivity contribution in [1.29, 1.82) is 0 Å².